The van der Waals surface area contributed by atoms with Crippen LogP contribution in [0.1, 0.15) is 53.6 Å². The first-order valence-electron chi connectivity index (χ1n) is 11.0. The van der Waals surface area contributed by atoms with Crippen molar-refractivity contribution in [3.8, 4) is 17.2 Å². The fraction of sp³-hybridized carbons (Fsp3) is 0.308. The Hall–Kier alpha value is -4.14. The minimum absolute atomic E-state index is 0.0640. The lowest BCUT2D eigenvalue weighted by Crippen LogP contribution is -2.10. The third-order valence-electron chi connectivity index (χ3n) is 4.94. The molecule has 1 N–H and O–H groups in total. The maximum absolute atomic E-state index is 13.4. The fourth-order valence-electron chi connectivity index (χ4n) is 3.45. The van der Waals surface area contributed by atoms with Gasteiger partial charge in [0.2, 0.25) is 5.78 Å². The standard InChI is InChI=1S/C26H27NO8/c1-15(2)35-18-8-5-7-17(11-18)25(29)24-20-13-22(32-4)23(34-10-6-9-33-16(3)28)12-19(20)21(14-27-24)26(30)31/h5,7-8,11-15H,6,9-10H2,1-4H3,(H,30,31). The van der Waals surface area contributed by atoms with Gasteiger partial charge >= 0.3 is 11.9 Å². The molecule has 0 aliphatic carbocycles. The van der Waals surface area contributed by atoms with Gasteiger partial charge in [-0.25, -0.2) is 4.79 Å². The van der Waals surface area contributed by atoms with Crippen molar-refractivity contribution in [2.24, 2.45) is 0 Å². The van der Waals surface area contributed by atoms with Crippen LogP contribution in [0, 0.1) is 0 Å². The summed E-state index contributed by atoms with van der Waals surface area (Å²) in [6.45, 7) is 5.49. The van der Waals surface area contributed by atoms with Crippen molar-refractivity contribution in [1.29, 1.82) is 0 Å². The molecule has 3 aromatic rings. The summed E-state index contributed by atoms with van der Waals surface area (Å²) in [7, 11) is 1.44. The molecule has 184 valence electrons. The number of carbonyl (C=O) groups excluding carboxylic acids is 2. The van der Waals surface area contributed by atoms with Crippen LogP contribution in [0.4, 0.5) is 0 Å². The minimum atomic E-state index is -1.19. The second kappa shape index (κ2) is 11.3. The van der Waals surface area contributed by atoms with Crippen molar-refractivity contribution in [2.75, 3.05) is 20.3 Å². The van der Waals surface area contributed by atoms with Gasteiger partial charge in [0.05, 0.1) is 32.0 Å². The van der Waals surface area contributed by atoms with E-state index in [0.717, 1.165) is 6.20 Å². The Bertz CT molecular complexity index is 1250. The summed E-state index contributed by atoms with van der Waals surface area (Å²) in [5.74, 6) is -0.828. The van der Waals surface area contributed by atoms with Crippen LogP contribution in [0.5, 0.6) is 17.2 Å². The lowest BCUT2D eigenvalue weighted by molar-refractivity contribution is -0.141. The van der Waals surface area contributed by atoms with Gasteiger partial charge in [-0.05, 0) is 38.1 Å². The molecule has 9 heteroatoms. The second-order valence-electron chi connectivity index (χ2n) is 7.94. The van der Waals surface area contributed by atoms with Gasteiger partial charge in [0.15, 0.2) is 11.5 Å². The lowest BCUT2D eigenvalue weighted by atomic mass is 9.99. The summed E-state index contributed by atoms with van der Waals surface area (Å²) in [5.41, 5.74) is 0.344. The highest BCUT2D eigenvalue weighted by atomic mass is 16.5. The fourth-order valence-corrected chi connectivity index (χ4v) is 3.45. The van der Waals surface area contributed by atoms with Gasteiger partial charge in [-0.1, -0.05) is 12.1 Å². The van der Waals surface area contributed by atoms with E-state index in [0.29, 0.717) is 34.6 Å². The average molecular weight is 482 g/mol. The molecule has 0 amide bonds. The normalized spacial score (nSPS) is 10.8. The number of rotatable bonds is 11. The Morgan fingerprint density at radius 1 is 1.03 bits per heavy atom. The highest BCUT2D eigenvalue weighted by Gasteiger charge is 2.22. The number of fused-ring (bicyclic) bond motifs is 1. The molecular formula is C26H27NO8. The molecule has 2 aromatic carbocycles. The molecule has 0 unspecified atom stereocenters. The molecule has 0 radical (unpaired) electrons. The van der Waals surface area contributed by atoms with E-state index in [1.54, 1.807) is 24.3 Å². The van der Waals surface area contributed by atoms with Crippen molar-refractivity contribution < 1.29 is 38.4 Å². The van der Waals surface area contributed by atoms with Crippen LogP contribution in [-0.4, -0.2) is 54.2 Å². The smallest absolute Gasteiger partial charge is 0.337 e. The number of carboxylic acids is 1. The Kier molecular flexibility index (Phi) is 8.25. The molecule has 9 nitrogen and oxygen atoms in total. The molecule has 0 saturated heterocycles. The SMILES string of the molecule is COc1cc2c(C(=O)c3cccc(OC(C)C)c3)ncc(C(=O)O)c2cc1OCCCOC(C)=O. The zero-order valence-corrected chi connectivity index (χ0v) is 20.0. The van der Waals surface area contributed by atoms with Crippen LogP contribution >= 0.6 is 0 Å². The number of carbonyl (C=O) groups is 3. The first kappa shape index (κ1) is 25.5. The van der Waals surface area contributed by atoms with E-state index >= 15 is 0 Å². The Morgan fingerprint density at radius 2 is 1.77 bits per heavy atom. The molecule has 0 saturated carbocycles. The summed E-state index contributed by atoms with van der Waals surface area (Å²) >= 11 is 0. The maximum atomic E-state index is 13.4. The van der Waals surface area contributed by atoms with Crippen molar-refractivity contribution in [3.63, 3.8) is 0 Å². The van der Waals surface area contributed by atoms with E-state index in [1.165, 1.54) is 26.2 Å². The number of esters is 1. The van der Waals surface area contributed by atoms with E-state index in [4.69, 9.17) is 18.9 Å². The first-order chi connectivity index (χ1) is 16.7. The number of methoxy groups -OCH3 is 1. The zero-order chi connectivity index (χ0) is 25.5. The Balaban J connectivity index is 2.02. The first-order valence-corrected chi connectivity index (χ1v) is 11.0. The van der Waals surface area contributed by atoms with Crippen molar-refractivity contribution in [1.82, 2.24) is 4.98 Å². The lowest BCUT2D eigenvalue weighted by Gasteiger charge is -2.15. The van der Waals surface area contributed by atoms with E-state index in [-0.39, 0.29) is 41.9 Å². The monoisotopic (exact) mass is 481 g/mol. The van der Waals surface area contributed by atoms with Gasteiger partial charge in [0.1, 0.15) is 11.4 Å². The summed E-state index contributed by atoms with van der Waals surface area (Å²) in [4.78, 5) is 40.4. The van der Waals surface area contributed by atoms with Crippen LogP contribution in [0.3, 0.4) is 0 Å². The van der Waals surface area contributed by atoms with Crippen LogP contribution in [-0.2, 0) is 9.53 Å². The quantitative estimate of drug-likeness (QED) is 0.243. The molecule has 35 heavy (non-hydrogen) atoms. The zero-order valence-electron chi connectivity index (χ0n) is 20.0. The van der Waals surface area contributed by atoms with Crippen LogP contribution in [0.15, 0.2) is 42.6 Å². The van der Waals surface area contributed by atoms with E-state index < -0.39 is 11.8 Å². The van der Waals surface area contributed by atoms with Crippen molar-refractivity contribution >= 4 is 28.5 Å². The second-order valence-corrected chi connectivity index (χ2v) is 7.94. The van der Waals surface area contributed by atoms with Crippen LogP contribution < -0.4 is 14.2 Å². The summed E-state index contributed by atoms with van der Waals surface area (Å²) < 4.78 is 21.8. The molecule has 3 rings (SSSR count). The molecule has 0 atom stereocenters. The van der Waals surface area contributed by atoms with E-state index in [2.05, 4.69) is 4.98 Å². The number of hydrogen-bond acceptors (Lipinski definition) is 8. The topological polar surface area (TPSA) is 121 Å². The summed E-state index contributed by atoms with van der Waals surface area (Å²) in [6.07, 6.45) is 1.52. The van der Waals surface area contributed by atoms with Crippen molar-refractivity contribution in [3.05, 3.63) is 59.4 Å². The Labute approximate surface area is 202 Å². The molecule has 0 aliphatic heterocycles. The number of carboxylic acid groups (broad SMARTS) is 1. The number of hydrogen-bond donors (Lipinski definition) is 1. The van der Waals surface area contributed by atoms with Crippen LogP contribution in [0.2, 0.25) is 0 Å². The van der Waals surface area contributed by atoms with Gasteiger partial charge in [-0.2, -0.15) is 0 Å². The summed E-state index contributed by atoms with van der Waals surface area (Å²) in [6, 6.07) is 9.79. The Morgan fingerprint density at radius 3 is 2.43 bits per heavy atom. The van der Waals surface area contributed by atoms with Crippen LogP contribution in [0.25, 0.3) is 10.8 Å². The highest BCUT2D eigenvalue weighted by Crippen LogP contribution is 2.36. The molecule has 1 aromatic heterocycles. The van der Waals surface area contributed by atoms with E-state index in [1.807, 2.05) is 13.8 Å². The number of pyridine rings is 1. The minimum Gasteiger partial charge on any atom is -0.493 e. The number of aromatic carboxylic acids is 1. The number of benzene rings is 2. The van der Waals surface area contributed by atoms with Gasteiger partial charge in [-0.15, -0.1) is 0 Å². The largest absolute Gasteiger partial charge is 0.493 e. The summed E-state index contributed by atoms with van der Waals surface area (Å²) in [5, 5.41) is 10.3. The molecule has 0 fully saturated rings. The molecule has 0 spiro atoms. The predicted octanol–water partition coefficient (Wildman–Crippen LogP) is 4.29. The van der Waals surface area contributed by atoms with Gasteiger partial charge in [0.25, 0.3) is 0 Å². The highest BCUT2D eigenvalue weighted by molar-refractivity contribution is 6.18. The third kappa shape index (κ3) is 6.26. The van der Waals surface area contributed by atoms with Gasteiger partial charge in [-0.3, -0.25) is 14.6 Å². The average Bonchev–Trinajstić information content (AvgIpc) is 2.81. The third-order valence-corrected chi connectivity index (χ3v) is 4.94. The molecule has 0 bridgehead atoms. The number of ether oxygens (including phenoxy) is 4. The molecule has 0 aliphatic rings. The number of nitrogens with zero attached hydrogens (tertiary/aromatic N) is 1. The van der Waals surface area contributed by atoms with Gasteiger partial charge in [0, 0.05) is 35.9 Å². The van der Waals surface area contributed by atoms with Crippen molar-refractivity contribution in [2.45, 2.75) is 33.3 Å². The predicted molar refractivity (Wildman–Crippen MR) is 128 cm³/mol. The number of aromatic nitrogens is 1. The molecular weight excluding hydrogens is 454 g/mol. The number of ketones is 1. The van der Waals surface area contributed by atoms with E-state index in [9.17, 15) is 19.5 Å². The van der Waals surface area contributed by atoms with Gasteiger partial charge < -0.3 is 24.1 Å². The molecule has 1 heterocycles. The maximum Gasteiger partial charge on any atom is 0.337 e.